The molecule has 0 saturated heterocycles. The SMILES string of the molecule is CC(C)CC1CN=C(NC2CC(C)CC(C)C2)S1. The molecule has 0 radical (unpaired) electrons. The van der Waals surface area contributed by atoms with Crippen LogP contribution in [0.1, 0.15) is 53.4 Å². The molecular weight excluding hydrogens is 240 g/mol. The molecule has 3 atom stereocenters. The number of nitrogens with one attached hydrogen (secondary N) is 1. The highest BCUT2D eigenvalue weighted by Gasteiger charge is 2.27. The topological polar surface area (TPSA) is 24.4 Å². The molecule has 0 aromatic carbocycles. The van der Waals surface area contributed by atoms with Crippen molar-refractivity contribution in [1.82, 2.24) is 5.32 Å². The van der Waals surface area contributed by atoms with Crippen LogP contribution in [-0.4, -0.2) is 23.0 Å². The average molecular weight is 268 g/mol. The monoisotopic (exact) mass is 268 g/mol. The minimum Gasteiger partial charge on any atom is -0.362 e. The summed E-state index contributed by atoms with van der Waals surface area (Å²) in [4.78, 5) is 4.68. The zero-order chi connectivity index (χ0) is 13.1. The van der Waals surface area contributed by atoms with Crippen molar-refractivity contribution in [1.29, 1.82) is 0 Å². The first kappa shape index (κ1) is 14.2. The summed E-state index contributed by atoms with van der Waals surface area (Å²) in [6.45, 7) is 10.4. The fourth-order valence-corrected chi connectivity index (χ4v) is 4.71. The summed E-state index contributed by atoms with van der Waals surface area (Å²) in [7, 11) is 0. The van der Waals surface area contributed by atoms with E-state index in [0.29, 0.717) is 11.3 Å². The summed E-state index contributed by atoms with van der Waals surface area (Å²) < 4.78 is 0. The smallest absolute Gasteiger partial charge is 0.157 e. The van der Waals surface area contributed by atoms with Crippen molar-refractivity contribution < 1.29 is 0 Å². The van der Waals surface area contributed by atoms with Crippen LogP contribution in [0.15, 0.2) is 4.99 Å². The van der Waals surface area contributed by atoms with E-state index in [1.807, 2.05) is 11.8 Å². The molecule has 3 unspecified atom stereocenters. The van der Waals surface area contributed by atoms with E-state index < -0.39 is 0 Å². The fourth-order valence-electron chi connectivity index (χ4n) is 3.38. The average Bonchev–Trinajstić information content (AvgIpc) is 2.62. The Balaban J connectivity index is 1.77. The van der Waals surface area contributed by atoms with E-state index in [2.05, 4.69) is 38.0 Å². The van der Waals surface area contributed by atoms with Crippen LogP contribution in [0.2, 0.25) is 0 Å². The summed E-state index contributed by atoms with van der Waals surface area (Å²) in [6, 6.07) is 0.660. The predicted octanol–water partition coefficient (Wildman–Crippen LogP) is 3.92. The van der Waals surface area contributed by atoms with Crippen LogP contribution in [0.4, 0.5) is 0 Å². The van der Waals surface area contributed by atoms with Gasteiger partial charge in [0.05, 0.1) is 6.54 Å². The molecule has 1 fully saturated rings. The van der Waals surface area contributed by atoms with Crippen LogP contribution in [0, 0.1) is 17.8 Å². The first-order valence-corrected chi connectivity index (χ1v) is 8.38. The molecule has 1 heterocycles. The van der Waals surface area contributed by atoms with Gasteiger partial charge in [0, 0.05) is 11.3 Å². The second-order valence-electron chi connectivity index (χ2n) is 6.77. The molecule has 0 aromatic heterocycles. The number of thioether (sulfide) groups is 1. The third-order valence-electron chi connectivity index (χ3n) is 3.96. The lowest BCUT2D eigenvalue weighted by Gasteiger charge is -2.32. The van der Waals surface area contributed by atoms with E-state index in [0.717, 1.165) is 24.3 Å². The summed E-state index contributed by atoms with van der Waals surface area (Å²) in [5.41, 5.74) is 0. The summed E-state index contributed by atoms with van der Waals surface area (Å²) >= 11 is 1.97. The Kier molecular flexibility index (Phi) is 4.99. The van der Waals surface area contributed by atoms with Crippen molar-refractivity contribution >= 4 is 16.9 Å². The number of amidine groups is 1. The second kappa shape index (κ2) is 6.31. The minimum atomic E-state index is 0.660. The van der Waals surface area contributed by atoms with E-state index in [9.17, 15) is 0 Å². The molecule has 3 heteroatoms. The standard InChI is InChI=1S/C15H28N2S/c1-10(2)5-14-9-16-15(18-14)17-13-7-11(3)6-12(4)8-13/h10-14H,5-9H2,1-4H3,(H,16,17). The quantitative estimate of drug-likeness (QED) is 0.839. The van der Waals surface area contributed by atoms with E-state index in [1.54, 1.807) is 0 Å². The lowest BCUT2D eigenvalue weighted by molar-refractivity contribution is 0.257. The maximum absolute atomic E-state index is 4.68. The molecule has 0 spiro atoms. The lowest BCUT2D eigenvalue weighted by atomic mass is 9.80. The predicted molar refractivity (Wildman–Crippen MR) is 82.2 cm³/mol. The Morgan fingerprint density at radius 3 is 2.50 bits per heavy atom. The van der Waals surface area contributed by atoms with Crippen molar-refractivity contribution in [2.75, 3.05) is 6.54 Å². The highest BCUT2D eigenvalue weighted by Crippen LogP contribution is 2.31. The van der Waals surface area contributed by atoms with Crippen molar-refractivity contribution in [3.05, 3.63) is 0 Å². The Labute approximate surface area is 116 Å². The lowest BCUT2D eigenvalue weighted by Crippen LogP contribution is -2.38. The molecule has 18 heavy (non-hydrogen) atoms. The number of aliphatic imine (C=N–C) groups is 1. The third kappa shape index (κ3) is 4.18. The first-order chi connectivity index (χ1) is 8.52. The maximum atomic E-state index is 4.68. The Bertz CT molecular complexity index is 291. The number of rotatable bonds is 3. The molecule has 0 aromatic rings. The highest BCUT2D eigenvalue weighted by molar-refractivity contribution is 8.14. The zero-order valence-corrected chi connectivity index (χ0v) is 13.1. The number of hydrogen-bond donors (Lipinski definition) is 1. The minimum absolute atomic E-state index is 0.660. The van der Waals surface area contributed by atoms with E-state index in [1.165, 1.54) is 30.9 Å². The molecule has 0 amide bonds. The van der Waals surface area contributed by atoms with Crippen LogP contribution in [0.25, 0.3) is 0 Å². The van der Waals surface area contributed by atoms with Gasteiger partial charge in [0.25, 0.3) is 0 Å². The van der Waals surface area contributed by atoms with Crippen LogP contribution in [0.3, 0.4) is 0 Å². The van der Waals surface area contributed by atoms with Crippen LogP contribution >= 0.6 is 11.8 Å². The number of nitrogens with zero attached hydrogens (tertiary/aromatic N) is 1. The van der Waals surface area contributed by atoms with Gasteiger partial charge in [-0.3, -0.25) is 4.99 Å². The molecule has 0 bridgehead atoms. The normalized spacial score (nSPS) is 36.8. The summed E-state index contributed by atoms with van der Waals surface area (Å²) in [5.74, 6) is 2.52. The van der Waals surface area contributed by atoms with Gasteiger partial charge in [0.15, 0.2) is 5.17 Å². The van der Waals surface area contributed by atoms with Gasteiger partial charge in [-0.25, -0.2) is 0 Å². The van der Waals surface area contributed by atoms with Gasteiger partial charge >= 0.3 is 0 Å². The molecule has 104 valence electrons. The van der Waals surface area contributed by atoms with Gasteiger partial charge in [-0.2, -0.15) is 0 Å². The van der Waals surface area contributed by atoms with Crippen molar-refractivity contribution in [2.24, 2.45) is 22.7 Å². The van der Waals surface area contributed by atoms with Gasteiger partial charge in [-0.15, -0.1) is 0 Å². The molecular formula is C15H28N2S. The maximum Gasteiger partial charge on any atom is 0.157 e. The van der Waals surface area contributed by atoms with Crippen LogP contribution < -0.4 is 5.32 Å². The van der Waals surface area contributed by atoms with Gasteiger partial charge in [-0.05, 0) is 43.4 Å². The van der Waals surface area contributed by atoms with Crippen molar-refractivity contribution in [3.8, 4) is 0 Å². The Hall–Kier alpha value is -0.180. The van der Waals surface area contributed by atoms with E-state index in [4.69, 9.17) is 0 Å². The molecule has 1 N–H and O–H groups in total. The van der Waals surface area contributed by atoms with E-state index >= 15 is 0 Å². The Morgan fingerprint density at radius 1 is 1.22 bits per heavy atom. The second-order valence-corrected chi connectivity index (χ2v) is 8.06. The zero-order valence-electron chi connectivity index (χ0n) is 12.3. The molecule has 2 rings (SSSR count). The molecule has 1 aliphatic heterocycles. The molecule has 2 nitrogen and oxygen atoms in total. The molecule has 2 aliphatic rings. The largest absolute Gasteiger partial charge is 0.362 e. The number of hydrogen-bond acceptors (Lipinski definition) is 3. The van der Waals surface area contributed by atoms with Gasteiger partial charge in [0.2, 0.25) is 0 Å². The van der Waals surface area contributed by atoms with Crippen molar-refractivity contribution in [3.63, 3.8) is 0 Å². The van der Waals surface area contributed by atoms with Gasteiger partial charge in [-0.1, -0.05) is 39.5 Å². The highest BCUT2D eigenvalue weighted by atomic mass is 32.2. The summed E-state index contributed by atoms with van der Waals surface area (Å²) in [6.07, 6.45) is 5.32. The van der Waals surface area contributed by atoms with Crippen LogP contribution in [-0.2, 0) is 0 Å². The third-order valence-corrected chi connectivity index (χ3v) is 5.10. The molecule has 1 saturated carbocycles. The van der Waals surface area contributed by atoms with Crippen LogP contribution in [0.5, 0.6) is 0 Å². The van der Waals surface area contributed by atoms with Gasteiger partial charge < -0.3 is 5.32 Å². The van der Waals surface area contributed by atoms with E-state index in [-0.39, 0.29) is 0 Å². The van der Waals surface area contributed by atoms with Gasteiger partial charge in [0.1, 0.15) is 0 Å². The van der Waals surface area contributed by atoms with Crippen molar-refractivity contribution in [2.45, 2.75) is 64.7 Å². The molecule has 1 aliphatic carbocycles. The first-order valence-electron chi connectivity index (χ1n) is 7.50. The Morgan fingerprint density at radius 2 is 1.89 bits per heavy atom. The summed E-state index contributed by atoms with van der Waals surface area (Å²) in [5, 5.41) is 5.62. The fraction of sp³-hybridized carbons (Fsp3) is 0.933.